The van der Waals surface area contributed by atoms with Gasteiger partial charge in [-0.05, 0) is 6.07 Å². The highest BCUT2D eigenvalue weighted by molar-refractivity contribution is 5.64. The summed E-state index contributed by atoms with van der Waals surface area (Å²) in [6.07, 6.45) is 10.9. The summed E-state index contributed by atoms with van der Waals surface area (Å²) >= 11 is 0. The number of nitrogens with zero attached hydrogens (tertiary/aromatic N) is 1. The van der Waals surface area contributed by atoms with Crippen molar-refractivity contribution in [2.45, 2.75) is 6.92 Å². The maximum absolute atomic E-state index is 2.28. The second-order valence-corrected chi connectivity index (χ2v) is 3.77. The lowest BCUT2D eigenvalue weighted by Crippen LogP contribution is -2.35. The highest BCUT2D eigenvalue weighted by Gasteiger charge is 2.28. The van der Waals surface area contributed by atoms with E-state index in [9.17, 15) is 0 Å². The standard InChI is InChI=1S/C13H12N/c1-10-11-6-2-3-7-12(11)13-8-4-5-9-14(10)13/h2-9,11H,1H3/q+1. The minimum Gasteiger partial charge on any atom is -0.167 e. The van der Waals surface area contributed by atoms with Gasteiger partial charge in [-0.2, -0.15) is 4.24 Å². The molecule has 0 bridgehead atoms. The van der Waals surface area contributed by atoms with Crippen LogP contribution in [0.15, 0.2) is 48.7 Å². The van der Waals surface area contributed by atoms with Crippen LogP contribution in [-0.2, 0) is 0 Å². The van der Waals surface area contributed by atoms with Crippen LogP contribution in [0, 0.1) is 11.6 Å². The topological polar surface area (TPSA) is 5.90 Å². The molecule has 0 amide bonds. The second-order valence-electron chi connectivity index (χ2n) is 3.77. The first-order valence-electron chi connectivity index (χ1n) is 4.94. The molecule has 1 aromatic heterocycles. The first kappa shape index (κ1) is 7.74. The fourth-order valence-electron chi connectivity index (χ4n) is 2.29. The largest absolute Gasteiger partial charge is 0.214 e. The summed E-state index contributed by atoms with van der Waals surface area (Å²) in [6.45, 7) is 2.20. The Balaban J connectivity index is 2.49. The molecule has 0 N–H and O–H groups in total. The van der Waals surface area contributed by atoms with Crippen LogP contribution in [0.2, 0.25) is 0 Å². The molecule has 1 atom stereocenters. The Hall–Kier alpha value is -1.63. The fourth-order valence-corrected chi connectivity index (χ4v) is 2.29. The van der Waals surface area contributed by atoms with Crippen LogP contribution in [0.25, 0.3) is 5.57 Å². The zero-order valence-corrected chi connectivity index (χ0v) is 8.14. The van der Waals surface area contributed by atoms with Crippen molar-refractivity contribution in [2.75, 3.05) is 0 Å². The quantitative estimate of drug-likeness (QED) is 0.533. The van der Waals surface area contributed by atoms with Crippen molar-refractivity contribution in [3.05, 3.63) is 59.8 Å². The van der Waals surface area contributed by atoms with E-state index in [0.29, 0.717) is 5.92 Å². The van der Waals surface area contributed by atoms with Gasteiger partial charge < -0.3 is 0 Å². The molecule has 1 aliphatic carbocycles. The Labute approximate surface area is 83.0 Å². The maximum atomic E-state index is 2.28. The summed E-state index contributed by atoms with van der Waals surface area (Å²) in [5.74, 6) is 0.488. The lowest BCUT2D eigenvalue weighted by molar-refractivity contribution is -0.535. The molecule has 2 aliphatic rings. The molecule has 2 heterocycles. The average Bonchev–Trinajstić information content (AvgIpc) is 2.55. The van der Waals surface area contributed by atoms with E-state index in [1.165, 1.54) is 16.6 Å². The molecule has 0 fully saturated rings. The van der Waals surface area contributed by atoms with Crippen molar-refractivity contribution in [1.82, 2.24) is 0 Å². The molecular formula is C13H12N+. The van der Waals surface area contributed by atoms with Crippen molar-refractivity contribution in [3.8, 4) is 0 Å². The number of rotatable bonds is 0. The number of fused-ring (bicyclic) bond motifs is 2. The third kappa shape index (κ3) is 0.869. The maximum Gasteiger partial charge on any atom is 0.214 e. The molecule has 14 heavy (non-hydrogen) atoms. The lowest BCUT2D eigenvalue weighted by Gasteiger charge is -2.05. The zero-order chi connectivity index (χ0) is 9.54. The van der Waals surface area contributed by atoms with Gasteiger partial charge in [0.1, 0.15) is 0 Å². The van der Waals surface area contributed by atoms with Gasteiger partial charge in [-0.3, -0.25) is 0 Å². The molecule has 1 heteroatoms. The third-order valence-electron chi connectivity index (χ3n) is 3.01. The van der Waals surface area contributed by atoms with Crippen molar-refractivity contribution >= 4 is 5.57 Å². The zero-order valence-electron chi connectivity index (χ0n) is 8.14. The smallest absolute Gasteiger partial charge is 0.167 e. The molecule has 0 saturated carbocycles. The minimum absolute atomic E-state index is 0.488. The predicted octanol–water partition coefficient (Wildman–Crippen LogP) is 1.28. The third-order valence-corrected chi connectivity index (χ3v) is 3.01. The summed E-state index contributed by atoms with van der Waals surface area (Å²) < 4.78 is 2.28. The lowest BCUT2D eigenvalue weighted by atomic mass is 9.92. The van der Waals surface area contributed by atoms with Gasteiger partial charge >= 0.3 is 0 Å². The van der Waals surface area contributed by atoms with Gasteiger partial charge in [-0.15, -0.1) is 0 Å². The Bertz CT molecular complexity index is 561. The summed E-state index contributed by atoms with van der Waals surface area (Å²) in [5, 5.41) is 1.33. The molecule has 3 rings (SSSR count). The molecule has 0 spiro atoms. The fraction of sp³-hybridized carbons (Fsp3) is 0.154. The van der Waals surface area contributed by atoms with Crippen molar-refractivity contribution < 1.29 is 4.24 Å². The van der Waals surface area contributed by atoms with Gasteiger partial charge in [-0.25, -0.2) is 0 Å². The summed E-state index contributed by atoms with van der Waals surface area (Å²) in [5.41, 5.74) is 2.82. The van der Waals surface area contributed by atoms with Crippen LogP contribution < -0.4 is 9.59 Å². The summed E-state index contributed by atoms with van der Waals surface area (Å²) in [7, 11) is 0. The molecule has 1 aliphatic heterocycles. The minimum atomic E-state index is 0.488. The van der Waals surface area contributed by atoms with Crippen LogP contribution in [0.5, 0.6) is 0 Å². The number of aromatic nitrogens is 1. The van der Waals surface area contributed by atoms with Crippen molar-refractivity contribution in [1.29, 1.82) is 0 Å². The number of hydrogen-bond acceptors (Lipinski definition) is 0. The average molecular weight is 182 g/mol. The van der Waals surface area contributed by atoms with Crippen LogP contribution in [-0.4, -0.2) is 0 Å². The van der Waals surface area contributed by atoms with Gasteiger partial charge in [0.2, 0.25) is 5.35 Å². The molecular weight excluding hydrogens is 170 g/mol. The van der Waals surface area contributed by atoms with Gasteiger partial charge in [0.15, 0.2) is 11.9 Å². The summed E-state index contributed by atoms with van der Waals surface area (Å²) in [4.78, 5) is 0. The normalized spacial score (nSPS) is 22.5. The molecule has 1 nitrogen and oxygen atoms in total. The van der Waals surface area contributed by atoms with E-state index in [0.717, 1.165) is 0 Å². The van der Waals surface area contributed by atoms with E-state index in [2.05, 4.69) is 59.9 Å². The van der Waals surface area contributed by atoms with Gasteiger partial charge in [0.25, 0.3) is 0 Å². The Morgan fingerprint density at radius 3 is 3.07 bits per heavy atom. The van der Waals surface area contributed by atoms with E-state index < -0.39 is 0 Å². The van der Waals surface area contributed by atoms with E-state index in [4.69, 9.17) is 0 Å². The molecule has 1 unspecified atom stereocenters. The van der Waals surface area contributed by atoms with Crippen LogP contribution in [0.1, 0.15) is 6.92 Å². The number of hydrogen-bond donors (Lipinski definition) is 0. The predicted molar refractivity (Wildman–Crippen MR) is 55.8 cm³/mol. The first-order valence-corrected chi connectivity index (χ1v) is 4.94. The highest BCUT2D eigenvalue weighted by Crippen LogP contribution is 2.24. The van der Waals surface area contributed by atoms with Gasteiger partial charge in [0, 0.05) is 24.6 Å². The van der Waals surface area contributed by atoms with Crippen LogP contribution in [0.3, 0.4) is 0 Å². The van der Waals surface area contributed by atoms with Crippen LogP contribution >= 0.6 is 0 Å². The Kier molecular flexibility index (Phi) is 1.48. The molecule has 0 radical (unpaired) electrons. The molecule has 0 saturated heterocycles. The van der Waals surface area contributed by atoms with Crippen LogP contribution in [0.4, 0.5) is 0 Å². The van der Waals surface area contributed by atoms with Crippen molar-refractivity contribution in [3.63, 3.8) is 0 Å². The number of allylic oxidation sites excluding steroid dienone is 4. The Morgan fingerprint density at radius 1 is 1.21 bits per heavy atom. The van der Waals surface area contributed by atoms with Crippen molar-refractivity contribution in [2.24, 2.45) is 5.92 Å². The SMILES string of the molecule is CC1=[n+]2ccccc2=C2C=CC=CC21. The van der Waals surface area contributed by atoms with E-state index >= 15 is 0 Å². The first-order chi connectivity index (χ1) is 6.88. The second kappa shape index (κ2) is 2.68. The molecule has 0 aromatic carbocycles. The highest BCUT2D eigenvalue weighted by atomic mass is 14.8. The van der Waals surface area contributed by atoms with Gasteiger partial charge in [-0.1, -0.05) is 24.3 Å². The van der Waals surface area contributed by atoms with Gasteiger partial charge in [0.05, 0.1) is 5.92 Å². The number of pyridine rings is 1. The van der Waals surface area contributed by atoms with E-state index in [1.54, 1.807) is 0 Å². The van der Waals surface area contributed by atoms with E-state index in [-0.39, 0.29) is 0 Å². The molecule has 1 aromatic rings. The molecule has 68 valence electrons. The van der Waals surface area contributed by atoms with E-state index in [1.807, 2.05) is 0 Å². The monoisotopic (exact) mass is 182 g/mol. The Morgan fingerprint density at radius 2 is 2.14 bits per heavy atom. The summed E-state index contributed by atoms with van der Waals surface area (Å²) in [6, 6.07) is 6.36.